The van der Waals surface area contributed by atoms with Crippen LogP contribution in [0.25, 0.3) is 22.0 Å². The van der Waals surface area contributed by atoms with E-state index in [0.29, 0.717) is 32.8 Å². The minimum absolute atomic E-state index is 0.324. The largest absolute Gasteiger partial charge is 0.275 e. The summed E-state index contributed by atoms with van der Waals surface area (Å²) in [5.41, 5.74) is 4.55. The van der Waals surface area contributed by atoms with Crippen molar-refractivity contribution in [1.29, 1.82) is 0 Å². The summed E-state index contributed by atoms with van der Waals surface area (Å²) < 4.78 is 14.5. The van der Waals surface area contributed by atoms with E-state index in [4.69, 9.17) is 11.6 Å². The van der Waals surface area contributed by atoms with Gasteiger partial charge in [0.05, 0.1) is 16.8 Å². The Kier molecular flexibility index (Phi) is 6.09. The summed E-state index contributed by atoms with van der Waals surface area (Å²) in [6.07, 6.45) is 0. The molecule has 1 amide bonds. The van der Waals surface area contributed by atoms with Gasteiger partial charge in [-0.1, -0.05) is 41.9 Å². The van der Waals surface area contributed by atoms with E-state index in [9.17, 15) is 14.0 Å². The van der Waals surface area contributed by atoms with Crippen molar-refractivity contribution in [2.24, 2.45) is 5.10 Å². The van der Waals surface area contributed by atoms with E-state index in [1.807, 2.05) is 0 Å². The second kappa shape index (κ2) is 9.11. The molecular formula is C24H18ClFN4O2. The van der Waals surface area contributed by atoms with Gasteiger partial charge in [-0.25, -0.2) is 14.5 Å². The number of benzene rings is 3. The summed E-state index contributed by atoms with van der Waals surface area (Å²) in [5, 5.41) is 10.1. The van der Waals surface area contributed by atoms with Gasteiger partial charge >= 0.3 is 0 Å². The zero-order valence-corrected chi connectivity index (χ0v) is 17.8. The highest BCUT2D eigenvalue weighted by molar-refractivity contribution is 6.30. The van der Waals surface area contributed by atoms with Crippen molar-refractivity contribution < 1.29 is 9.18 Å². The average molecular weight is 449 g/mol. The summed E-state index contributed by atoms with van der Waals surface area (Å²) in [5.74, 6) is -0.882. The molecule has 32 heavy (non-hydrogen) atoms. The molecule has 4 rings (SSSR count). The van der Waals surface area contributed by atoms with E-state index in [2.05, 4.69) is 15.6 Å². The molecule has 0 radical (unpaired) electrons. The normalized spacial score (nSPS) is 11.5. The molecule has 8 heteroatoms. The standard InChI is InChI=1S/C24H18ClFN4O2/c1-15(16-6-10-18(25)11-7-16)27-28-22(31)14-30-24(32)21-5-3-2-4-20(21)23(29-30)17-8-12-19(26)13-9-17/h2-13H,14H2,1H3,(H,28,31)/b27-15+. The second-order valence-corrected chi connectivity index (χ2v) is 7.54. The van der Waals surface area contributed by atoms with Gasteiger partial charge < -0.3 is 0 Å². The van der Waals surface area contributed by atoms with E-state index in [1.165, 1.54) is 12.1 Å². The Balaban J connectivity index is 1.64. The Morgan fingerprint density at radius 2 is 1.69 bits per heavy atom. The number of aromatic nitrogens is 2. The SMILES string of the molecule is C/C(=N\NC(=O)Cn1nc(-c2ccc(F)cc2)c2ccccc2c1=O)c1ccc(Cl)cc1. The fourth-order valence-corrected chi connectivity index (χ4v) is 3.36. The van der Waals surface area contributed by atoms with E-state index in [0.717, 1.165) is 10.2 Å². The minimum atomic E-state index is -0.506. The molecule has 0 fully saturated rings. The maximum atomic E-state index is 13.4. The summed E-state index contributed by atoms with van der Waals surface area (Å²) in [4.78, 5) is 25.4. The molecule has 0 bridgehead atoms. The maximum Gasteiger partial charge on any atom is 0.275 e. The van der Waals surface area contributed by atoms with Crippen LogP contribution < -0.4 is 11.0 Å². The maximum absolute atomic E-state index is 13.4. The molecule has 0 saturated heterocycles. The quantitative estimate of drug-likeness (QED) is 0.363. The number of hydrazone groups is 1. The smallest absolute Gasteiger partial charge is 0.271 e. The van der Waals surface area contributed by atoms with Crippen LogP contribution in [0.15, 0.2) is 82.7 Å². The monoisotopic (exact) mass is 448 g/mol. The molecule has 0 atom stereocenters. The molecule has 160 valence electrons. The molecule has 3 aromatic carbocycles. The fourth-order valence-electron chi connectivity index (χ4n) is 3.24. The zero-order chi connectivity index (χ0) is 22.7. The number of carbonyl (C=O) groups is 1. The Labute approximate surface area is 188 Å². The Bertz CT molecular complexity index is 1380. The van der Waals surface area contributed by atoms with Crippen LogP contribution in [0.5, 0.6) is 0 Å². The number of rotatable bonds is 5. The van der Waals surface area contributed by atoms with Gasteiger partial charge in [-0.3, -0.25) is 9.59 Å². The van der Waals surface area contributed by atoms with Crippen molar-refractivity contribution in [1.82, 2.24) is 15.2 Å². The number of carbonyl (C=O) groups excluding carboxylic acids is 1. The topological polar surface area (TPSA) is 76.3 Å². The van der Waals surface area contributed by atoms with Crippen molar-refractivity contribution >= 4 is 34.0 Å². The van der Waals surface area contributed by atoms with Gasteiger partial charge in [0.2, 0.25) is 0 Å². The molecule has 0 spiro atoms. The molecule has 0 aliphatic carbocycles. The number of nitrogens with zero attached hydrogens (tertiary/aromatic N) is 3. The fraction of sp³-hybridized carbons (Fsp3) is 0.0833. The first-order valence-corrected chi connectivity index (χ1v) is 10.1. The van der Waals surface area contributed by atoms with Crippen molar-refractivity contribution in [3.8, 4) is 11.3 Å². The van der Waals surface area contributed by atoms with Gasteiger partial charge in [0.1, 0.15) is 12.4 Å². The first-order valence-electron chi connectivity index (χ1n) is 9.77. The highest BCUT2D eigenvalue weighted by atomic mass is 35.5. The van der Waals surface area contributed by atoms with E-state index in [-0.39, 0.29) is 12.4 Å². The summed E-state index contributed by atoms with van der Waals surface area (Å²) in [6, 6.07) is 19.8. The van der Waals surface area contributed by atoms with Crippen LogP contribution in [0.2, 0.25) is 5.02 Å². The molecule has 0 aliphatic rings. The first kappa shape index (κ1) is 21.4. The predicted molar refractivity (Wildman–Crippen MR) is 123 cm³/mol. The number of halogens is 2. The van der Waals surface area contributed by atoms with Gasteiger partial charge in [0, 0.05) is 16.0 Å². The zero-order valence-electron chi connectivity index (χ0n) is 17.0. The average Bonchev–Trinajstić information content (AvgIpc) is 2.80. The van der Waals surface area contributed by atoms with E-state index < -0.39 is 11.5 Å². The lowest BCUT2D eigenvalue weighted by Gasteiger charge is -2.11. The highest BCUT2D eigenvalue weighted by Crippen LogP contribution is 2.24. The lowest BCUT2D eigenvalue weighted by molar-refractivity contribution is -0.121. The van der Waals surface area contributed by atoms with Crippen molar-refractivity contribution in [3.05, 3.63) is 99.6 Å². The van der Waals surface area contributed by atoms with Crippen molar-refractivity contribution in [2.45, 2.75) is 13.5 Å². The molecule has 0 aliphatic heterocycles. The van der Waals surface area contributed by atoms with E-state index >= 15 is 0 Å². The van der Waals surface area contributed by atoms with Gasteiger partial charge in [-0.2, -0.15) is 10.2 Å². The summed E-state index contributed by atoms with van der Waals surface area (Å²) >= 11 is 5.89. The lowest BCUT2D eigenvalue weighted by atomic mass is 10.1. The number of hydrogen-bond donors (Lipinski definition) is 1. The molecule has 1 aromatic heterocycles. The minimum Gasteiger partial charge on any atom is -0.271 e. The highest BCUT2D eigenvalue weighted by Gasteiger charge is 2.14. The number of amides is 1. The lowest BCUT2D eigenvalue weighted by Crippen LogP contribution is -2.32. The third-order valence-electron chi connectivity index (χ3n) is 4.89. The number of nitrogens with one attached hydrogen (secondary N) is 1. The van der Waals surface area contributed by atoms with E-state index in [1.54, 1.807) is 67.6 Å². The number of fused-ring (bicyclic) bond motifs is 1. The van der Waals surface area contributed by atoms with Crippen LogP contribution in [0.4, 0.5) is 4.39 Å². The van der Waals surface area contributed by atoms with Gasteiger partial charge in [-0.05, 0) is 55.0 Å². The van der Waals surface area contributed by atoms with Gasteiger partial charge in [0.25, 0.3) is 11.5 Å². The third-order valence-corrected chi connectivity index (χ3v) is 5.14. The molecule has 0 unspecified atom stereocenters. The molecule has 1 heterocycles. The third kappa shape index (κ3) is 4.58. The van der Waals surface area contributed by atoms with Crippen LogP contribution in [-0.4, -0.2) is 21.4 Å². The number of hydrogen-bond acceptors (Lipinski definition) is 4. The van der Waals surface area contributed by atoms with Gasteiger partial charge in [-0.15, -0.1) is 0 Å². The Hall–Kier alpha value is -3.84. The molecule has 1 N–H and O–H groups in total. The predicted octanol–water partition coefficient (Wildman–Crippen LogP) is 4.40. The Morgan fingerprint density at radius 3 is 2.38 bits per heavy atom. The first-order chi connectivity index (χ1) is 15.4. The van der Waals surface area contributed by atoms with Crippen molar-refractivity contribution in [3.63, 3.8) is 0 Å². The molecule has 0 saturated carbocycles. The summed E-state index contributed by atoms with van der Waals surface area (Å²) in [7, 11) is 0. The van der Waals surface area contributed by atoms with Crippen LogP contribution in [0, 0.1) is 5.82 Å². The van der Waals surface area contributed by atoms with Crippen molar-refractivity contribution in [2.75, 3.05) is 0 Å². The second-order valence-electron chi connectivity index (χ2n) is 7.10. The van der Waals surface area contributed by atoms with Crippen LogP contribution in [-0.2, 0) is 11.3 Å². The molecule has 4 aromatic rings. The molecule has 6 nitrogen and oxygen atoms in total. The molecular weight excluding hydrogens is 431 g/mol. The summed E-state index contributed by atoms with van der Waals surface area (Å²) in [6.45, 7) is 1.42. The van der Waals surface area contributed by atoms with Gasteiger partial charge in [0.15, 0.2) is 0 Å². The van der Waals surface area contributed by atoms with Crippen LogP contribution >= 0.6 is 11.6 Å². The van der Waals surface area contributed by atoms with Crippen LogP contribution in [0.3, 0.4) is 0 Å². The Morgan fingerprint density at radius 1 is 1.03 bits per heavy atom. The van der Waals surface area contributed by atoms with Crippen LogP contribution in [0.1, 0.15) is 12.5 Å².